The number of hydrogen-bond acceptors (Lipinski definition) is 6. The predicted octanol–water partition coefficient (Wildman–Crippen LogP) is 1.72. The van der Waals surface area contributed by atoms with E-state index in [2.05, 4.69) is 56.7 Å². The smallest absolute Gasteiger partial charge is 0.290 e. The lowest BCUT2D eigenvalue weighted by Gasteiger charge is -2.14. The van der Waals surface area contributed by atoms with Crippen molar-refractivity contribution < 1.29 is 19.8 Å². The molecule has 0 atom stereocenters. The first-order chi connectivity index (χ1) is 12.2. The van der Waals surface area contributed by atoms with Crippen LogP contribution in [-0.4, -0.2) is 68.1 Å². The van der Waals surface area contributed by atoms with E-state index in [4.69, 9.17) is 19.8 Å². The average Bonchev–Trinajstić information content (AvgIpc) is 2.83. The molecule has 0 bridgehead atoms. The molecule has 25 heavy (non-hydrogen) atoms. The summed E-state index contributed by atoms with van der Waals surface area (Å²) in [7, 11) is 0. The zero-order valence-corrected chi connectivity index (χ0v) is 15.4. The molecule has 9 heteroatoms. The first kappa shape index (κ1) is 21.3. The molecule has 0 unspecified atom stereocenters. The molecule has 0 aliphatic carbocycles. The summed E-state index contributed by atoms with van der Waals surface area (Å²) in [5.74, 6) is 5.10. The Morgan fingerprint density at radius 1 is 1.20 bits per heavy atom. The standard InChI is InChI=1S/C14H19N3S2.2CH2O2/c1-2-6-17-9-12(16-14(17)3-1)4-5-15-13-10-18-7-8-19-11-13;2*2-1-3/h1-3,6,9,13,15H,4-5,7-8,10-11H2;2*1H,(H,2,3). The van der Waals surface area contributed by atoms with Gasteiger partial charge >= 0.3 is 0 Å². The number of pyridine rings is 1. The largest absolute Gasteiger partial charge is 0.483 e. The van der Waals surface area contributed by atoms with Crippen LogP contribution in [0.1, 0.15) is 5.69 Å². The minimum absolute atomic E-state index is 0.250. The van der Waals surface area contributed by atoms with Gasteiger partial charge in [-0.25, -0.2) is 4.98 Å². The second kappa shape index (κ2) is 13.6. The molecule has 1 saturated heterocycles. The minimum Gasteiger partial charge on any atom is -0.483 e. The summed E-state index contributed by atoms with van der Waals surface area (Å²) in [5.41, 5.74) is 2.21. The van der Waals surface area contributed by atoms with Crippen LogP contribution in [0.25, 0.3) is 5.65 Å². The Morgan fingerprint density at radius 2 is 1.84 bits per heavy atom. The van der Waals surface area contributed by atoms with Gasteiger partial charge in [0.25, 0.3) is 12.9 Å². The average molecular weight is 386 g/mol. The highest BCUT2D eigenvalue weighted by Crippen LogP contribution is 2.16. The Labute approximate surface area is 155 Å². The zero-order chi connectivity index (χ0) is 18.3. The molecule has 1 aliphatic rings. The molecule has 0 amide bonds. The fraction of sp³-hybridized carbons (Fsp3) is 0.438. The van der Waals surface area contributed by atoms with Crippen LogP contribution >= 0.6 is 23.5 Å². The van der Waals surface area contributed by atoms with Crippen LogP contribution in [-0.2, 0) is 16.0 Å². The molecular weight excluding hydrogens is 362 g/mol. The molecule has 2 aromatic heterocycles. The van der Waals surface area contributed by atoms with Crippen molar-refractivity contribution in [1.29, 1.82) is 0 Å². The number of aromatic nitrogens is 2. The molecule has 3 heterocycles. The van der Waals surface area contributed by atoms with E-state index in [1.165, 1.54) is 28.7 Å². The zero-order valence-electron chi connectivity index (χ0n) is 13.8. The molecule has 0 spiro atoms. The van der Waals surface area contributed by atoms with Gasteiger partial charge in [-0.2, -0.15) is 23.5 Å². The molecular formula is C16H23N3O4S2. The Bertz CT molecular complexity index is 577. The van der Waals surface area contributed by atoms with Crippen LogP contribution in [0.3, 0.4) is 0 Å². The first-order valence-electron chi connectivity index (χ1n) is 7.72. The lowest BCUT2D eigenvalue weighted by atomic mass is 10.3. The summed E-state index contributed by atoms with van der Waals surface area (Å²) < 4.78 is 2.09. The van der Waals surface area contributed by atoms with E-state index in [0.29, 0.717) is 6.04 Å². The van der Waals surface area contributed by atoms with Gasteiger partial charge in [-0.3, -0.25) is 9.59 Å². The van der Waals surface area contributed by atoms with Crippen LogP contribution in [0.15, 0.2) is 30.6 Å². The monoisotopic (exact) mass is 385 g/mol. The summed E-state index contributed by atoms with van der Waals surface area (Å²) in [6, 6.07) is 6.78. The SMILES string of the molecule is O=CO.O=CO.c1ccn2cc(CCNC3CSCCSC3)nc2c1. The van der Waals surface area contributed by atoms with Gasteiger partial charge in [0.1, 0.15) is 5.65 Å². The van der Waals surface area contributed by atoms with Crippen molar-refractivity contribution in [2.75, 3.05) is 29.6 Å². The Morgan fingerprint density at radius 3 is 2.44 bits per heavy atom. The Kier molecular flexibility index (Phi) is 11.6. The molecule has 0 aromatic carbocycles. The van der Waals surface area contributed by atoms with Gasteiger partial charge in [0, 0.05) is 54.4 Å². The van der Waals surface area contributed by atoms with Crippen LogP contribution in [0.2, 0.25) is 0 Å². The van der Waals surface area contributed by atoms with E-state index in [0.717, 1.165) is 18.6 Å². The second-order valence-electron chi connectivity index (χ2n) is 4.96. The number of thioether (sulfide) groups is 2. The molecule has 0 radical (unpaired) electrons. The number of carboxylic acid groups (broad SMARTS) is 2. The van der Waals surface area contributed by atoms with E-state index in [-0.39, 0.29) is 12.9 Å². The normalized spacial score (nSPS) is 14.4. The maximum absolute atomic E-state index is 8.36. The van der Waals surface area contributed by atoms with E-state index < -0.39 is 0 Å². The summed E-state index contributed by atoms with van der Waals surface area (Å²) in [4.78, 5) is 21.3. The van der Waals surface area contributed by atoms with E-state index >= 15 is 0 Å². The predicted molar refractivity (Wildman–Crippen MR) is 103 cm³/mol. The van der Waals surface area contributed by atoms with Gasteiger partial charge in [-0.1, -0.05) is 6.07 Å². The molecule has 1 aliphatic heterocycles. The van der Waals surface area contributed by atoms with Gasteiger partial charge in [0.2, 0.25) is 0 Å². The van der Waals surface area contributed by atoms with Crippen molar-refractivity contribution in [2.24, 2.45) is 0 Å². The number of nitrogens with zero attached hydrogens (tertiary/aromatic N) is 2. The molecule has 0 saturated carbocycles. The number of carbonyl (C=O) groups is 2. The maximum atomic E-state index is 8.36. The summed E-state index contributed by atoms with van der Waals surface area (Å²) in [6.07, 6.45) is 5.19. The number of imidazole rings is 1. The highest BCUT2D eigenvalue weighted by atomic mass is 32.2. The van der Waals surface area contributed by atoms with Gasteiger partial charge in [-0.05, 0) is 12.1 Å². The number of hydrogen-bond donors (Lipinski definition) is 3. The molecule has 138 valence electrons. The number of fused-ring (bicyclic) bond motifs is 1. The fourth-order valence-corrected chi connectivity index (χ4v) is 4.71. The minimum atomic E-state index is -0.250. The summed E-state index contributed by atoms with van der Waals surface area (Å²) in [5, 5.41) is 17.4. The molecule has 2 aromatic rings. The van der Waals surface area contributed by atoms with Crippen molar-refractivity contribution >= 4 is 42.1 Å². The Hall–Kier alpha value is -1.71. The molecule has 7 nitrogen and oxygen atoms in total. The van der Waals surface area contributed by atoms with Crippen LogP contribution in [0.4, 0.5) is 0 Å². The summed E-state index contributed by atoms with van der Waals surface area (Å²) in [6.45, 7) is 0.523. The van der Waals surface area contributed by atoms with Crippen LogP contribution in [0.5, 0.6) is 0 Å². The quantitative estimate of drug-likeness (QED) is 0.684. The number of nitrogens with one attached hydrogen (secondary N) is 1. The van der Waals surface area contributed by atoms with Crippen molar-refractivity contribution in [3.63, 3.8) is 0 Å². The first-order valence-corrected chi connectivity index (χ1v) is 10.0. The van der Waals surface area contributed by atoms with Crippen LogP contribution < -0.4 is 5.32 Å². The third-order valence-corrected chi connectivity index (χ3v) is 5.76. The van der Waals surface area contributed by atoms with E-state index in [1.54, 1.807) is 0 Å². The molecule has 3 rings (SSSR count). The van der Waals surface area contributed by atoms with Gasteiger partial charge in [0.05, 0.1) is 5.69 Å². The van der Waals surface area contributed by atoms with E-state index in [1.807, 2.05) is 12.1 Å². The van der Waals surface area contributed by atoms with Gasteiger partial charge in [-0.15, -0.1) is 0 Å². The Balaban J connectivity index is 0.000000460. The van der Waals surface area contributed by atoms with Crippen molar-refractivity contribution in [1.82, 2.24) is 14.7 Å². The van der Waals surface area contributed by atoms with Gasteiger partial charge in [0.15, 0.2) is 0 Å². The second-order valence-corrected chi connectivity index (χ2v) is 7.26. The topological polar surface area (TPSA) is 104 Å². The van der Waals surface area contributed by atoms with Crippen molar-refractivity contribution in [2.45, 2.75) is 12.5 Å². The lowest BCUT2D eigenvalue weighted by Crippen LogP contribution is -2.34. The molecule has 1 fully saturated rings. The lowest BCUT2D eigenvalue weighted by molar-refractivity contribution is -0.123. The maximum Gasteiger partial charge on any atom is 0.290 e. The van der Waals surface area contributed by atoms with Gasteiger partial charge < -0.3 is 19.9 Å². The summed E-state index contributed by atoms with van der Waals surface area (Å²) >= 11 is 4.14. The third kappa shape index (κ3) is 8.80. The van der Waals surface area contributed by atoms with Crippen LogP contribution in [0, 0.1) is 0 Å². The fourth-order valence-electron chi connectivity index (χ4n) is 2.25. The highest BCUT2D eigenvalue weighted by molar-refractivity contribution is 8.03. The van der Waals surface area contributed by atoms with Crippen molar-refractivity contribution in [3.05, 3.63) is 36.3 Å². The van der Waals surface area contributed by atoms with Crippen molar-refractivity contribution in [3.8, 4) is 0 Å². The van der Waals surface area contributed by atoms with E-state index in [9.17, 15) is 0 Å². The third-order valence-electron chi connectivity index (χ3n) is 3.24. The highest BCUT2D eigenvalue weighted by Gasteiger charge is 2.12. The molecule has 3 N–H and O–H groups in total. The number of rotatable bonds is 4.